The second kappa shape index (κ2) is 5.47. The van der Waals surface area contributed by atoms with Gasteiger partial charge in [-0.25, -0.2) is 0 Å². The molecule has 0 aliphatic carbocycles. The Hall–Kier alpha value is -1.77. The monoisotopic (exact) mass is 257 g/mol. The average Bonchev–Trinajstić information content (AvgIpc) is 2.66. The number of aryl methyl sites for hydroxylation is 2. The third kappa shape index (κ3) is 2.65. The zero-order valence-corrected chi connectivity index (χ0v) is 12.3. The van der Waals surface area contributed by atoms with Crippen LogP contribution in [0.1, 0.15) is 43.9 Å². The summed E-state index contributed by atoms with van der Waals surface area (Å²) in [4.78, 5) is 0. The summed E-state index contributed by atoms with van der Waals surface area (Å²) >= 11 is 0. The number of aromatic nitrogens is 2. The Kier molecular flexibility index (Phi) is 3.93. The molecule has 0 saturated carbocycles. The van der Waals surface area contributed by atoms with Gasteiger partial charge < -0.3 is 5.73 Å². The molecule has 1 atom stereocenters. The van der Waals surface area contributed by atoms with E-state index in [1.54, 1.807) is 4.68 Å². The standard InChI is InChI=1S/C16H23N3/c1-5-7-12(3)15-14(16(17)19(4)18-15)13-9-6-8-11(2)10-13/h6,8-10,12H,5,7,17H2,1-4H3. The third-order valence-corrected chi connectivity index (χ3v) is 3.61. The Bertz CT molecular complexity index is 569. The fourth-order valence-electron chi connectivity index (χ4n) is 2.57. The first kappa shape index (κ1) is 13.7. The van der Waals surface area contributed by atoms with E-state index < -0.39 is 0 Å². The lowest BCUT2D eigenvalue weighted by Crippen LogP contribution is -1.98. The van der Waals surface area contributed by atoms with Gasteiger partial charge in [-0.05, 0) is 18.9 Å². The SMILES string of the molecule is CCCC(C)c1nn(C)c(N)c1-c1cccc(C)c1. The van der Waals surface area contributed by atoms with Crippen LogP contribution in [0.4, 0.5) is 5.82 Å². The molecule has 0 spiro atoms. The molecule has 1 aromatic carbocycles. The van der Waals surface area contributed by atoms with Crippen LogP contribution in [0.25, 0.3) is 11.1 Å². The van der Waals surface area contributed by atoms with E-state index in [2.05, 4.69) is 50.1 Å². The van der Waals surface area contributed by atoms with E-state index in [-0.39, 0.29) is 0 Å². The van der Waals surface area contributed by atoms with Crippen molar-refractivity contribution in [3.63, 3.8) is 0 Å². The van der Waals surface area contributed by atoms with Crippen molar-refractivity contribution in [2.24, 2.45) is 7.05 Å². The van der Waals surface area contributed by atoms with Crippen LogP contribution in [0.2, 0.25) is 0 Å². The van der Waals surface area contributed by atoms with Crippen molar-refractivity contribution in [3.8, 4) is 11.1 Å². The quantitative estimate of drug-likeness (QED) is 0.903. The maximum atomic E-state index is 6.22. The van der Waals surface area contributed by atoms with E-state index in [1.807, 2.05) is 7.05 Å². The van der Waals surface area contributed by atoms with Crippen LogP contribution in [0, 0.1) is 6.92 Å². The van der Waals surface area contributed by atoms with Gasteiger partial charge >= 0.3 is 0 Å². The molecule has 2 rings (SSSR count). The second-order valence-corrected chi connectivity index (χ2v) is 5.33. The number of hydrogen-bond donors (Lipinski definition) is 1. The maximum absolute atomic E-state index is 6.22. The molecule has 102 valence electrons. The van der Waals surface area contributed by atoms with Gasteiger partial charge in [0.05, 0.1) is 5.69 Å². The number of hydrogen-bond acceptors (Lipinski definition) is 2. The summed E-state index contributed by atoms with van der Waals surface area (Å²) in [6, 6.07) is 8.47. The highest BCUT2D eigenvalue weighted by atomic mass is 15.3. The van der Waals surface area contributed by atoms with E-state index in [4.69, 9.17) is 5.73 Å². The molecule has 0 amide bonds. The van der Waals surface area contributed by atoms with Crippen LogP contribution in [0.5, 0.6) is 0 Å². The van der Waals surface area contributed by atoms with Crippen molar-refractivity contribution in [1.82, 2.24) is 9.78 Å². The van der Waals surface area contributed by atoms with E-state index in [9.17, 15) is 0 Å². The second-order valence-electron chi connectivity index (χ2n) is 5.33. The summed E-state index contributed by atoms with van der Waals surface area (Å²) in [5, 5.41) is 4.63. The fourth-order valence-corrected chi connectivity index (χ4v) is 2.57. The Balaban J connectivity index is 2.55. The minimum absolute atomic E-state index is 0.434. The van der Waals surface area contributed by atoms with Gasteiger partial charge in [0.1, 0.15) is 5.82 Å². The van der Waals surface area contributed by atoms with Crippen molar-refractivity contribution in [2.75, 3.05) is 5.73 Å². The number of nitrogens with two attached hydrogens (primary N) is 1. The molecule has 2 N–H and O–H groups in total. The molecular formula is C16H23N3. The van der Waals surface area contributed by atoms with Crippen LogP contribution in [-0.4, -0.2) is 9.78 Å². The zero-order valence-electron chi connectivity index (χ0n) is 12.3. The Morgan fingerprint density at radius 2 is 2.11 bits per heavy atom. The van der Waals surface area contributed by atoms with Gasteiger partial charge in [0.25, 0.3) is 0 Å². The molecule has 0 aliphatic heterocycles. The highest BCUT2D eigenvalue weighted by Gasteiger charge is 2.20. The summed E-state index contributed by atoms with van der Waals surface area (Å²) in [6.07, 6.45) is 2.29. The Labute approximate surface area is 115 Å². The number of anilines is 1. The molecule has 2 aromatic rings. The molecule has 1 heterocycles. The summed E-state index contributed by atoms with van der Waals surface area (Å²) in [7, 11) is 1.91. The minimum atomic E-state index is 0.434. The molecule has 1 aromatic heterocycles. The first-order valence-corrected chi connectivity index (χ1v) is 6.94. The highest BCUT2D eigenvalue weighted by Crippen LogP contribution is 2.35. The van der Waals surface area contributed by atoms with E-state index >= 15 is 0 Å². The van der Waals surface area contributed by atoms with E-state index in [1.165, 1.54) is 11.1 Å². The molecule has 3 nitrogen and oxygen atoms in total. The van der Waals surface area contributed by atoms with Crippen LogP contribution < -0.4 is 5.73 Å². The summed E-state index contributed by atoms with van der Waals surface area (Å²) in [6.45, 7) is 6.53. The van der Waals surface area contributed by atoms with E-state index in [0.717, 1.165) is 29.9 Å². The first-order valence-electron chi connectivity index (χ1n) is 6.94. The predicted octanol–water partition coefficient (Wildman–Crippen LogP) is 3.88. The molecular weight excluding hydrogens is 234 g/mol. The van der Waals surface area contributed by atoms with E-state index in [0.29, 0.717) is 5.92 Å². The lowest BCUT2D eigenvalue weighted by atomic mass is 9.94. The fraction of sp³-hybridized carbons (Fsp3) is 0.438. The van der Waals surface area contributed by atoms with Gasteiger partial charge in [-0.1, -0.05) is 50.1 Å². The van der Waals surface area contributed by atoms with Crippen molar-refractivity contribution in [3.05, 3.63) is 35.5 Å². The zero-order chi connectivity index (χ0) is 14.0. The lowest BCUT2D eigenvalue weighted by Gasteiger charge is -2.10. The maximum Gasteiger partial charge on any atom is 0.129 e. The van der Waals surface area contributed by atoms with Gasteiger partial charge in [0.2, 0.25) is 0 Å². The van der Waals surface area contributed by atoms with Crippen molar-refractivity contribution in [1.29, 1.82) is 0 Å². The molecule has 1 unspecified atom stereocenters. The van der Waals surface area contributed by atoms with Crippen LogP contribution >= 0.6 is 0 Å². The molecule has 0 fully saturated rings. The Morgan fingerprint density at radius 3 is 2.74 bits per heavy atom. The number of benzene rings is 1. The van der Waals surface area contributed by atoms with Gasteiger partial charge in [0.15, 0.2) is 0 Å². The summed E-state index contributed by atoms with van der Waals surface area (Å²) in [5.74, 6) is 1.19. The van der Waals surface area contributed by atoms with Crippen molar-refractivity contribution in [2.45, 2.75) is 39.5 Å². The Morgan fingerprint density at radius 1 is 1.37 bits per heavy atom. The molecule has 0 bridgehead atoms. The topological polar surface area (TPSA) is 43.8 Å². The molecule has 3 heteroatoms. The largest absolute Gasteiger partial charge is 0.383 e. The number of rotatable bonds is 4. The van der Waals surface area contributed by atoms with Crippen molar-refractivity contribution < 1.29 is 0 Å². The first-order chi connectivity index (χ1) is 9.04. The van der Waals surface area contributed by atoms with Gasteiger partial charge in [-0.3, -0.25) is 4.68 Å². The van der Waals surface area contributed by atoms with Crippen LogP contribution in [0.15, 0.2) is 24.3 Å². The van der Waals surface area contributed by atoms with Gasteiger partial charge in [-0.15, -0.1) is 0 Å². The minimum Gasteiger partial charge on any atom is -0.383 e. The normalized spacial score (nSPS) is 12.6. The number of nitrogen functional groups attached to an aromatic ring is 1. The molecule has 0 radical (unpaired) electrons. The molecule has 0 aliphatic rings. The third-order valence-electron chi connectivity index (χ3n) is 3.61. The lowest BCUT2D eigenvalue weighted by molar-refractivity contribution is 0.627. The molecule has 0 saturated heterocycles. The summed E-state index contributed by atoms with van der Waals surface area (Å²) in [5.41, 5.74) is 10.9. The van der Waals surface area contributed by atoms with Gasteiger partial charge in [-0.2, -0.15) is 5.10 Å². The smallest absolute Gasteiger partial charge is 0.129 e. The summed E-state index contributed by atoms with van der Waals surface area (Å²) < 4.78 is 1.79. The predicted molar refractivity (Wildman–Crippen MR) is 81.1 cm³/mol. The van der Waals surface area contributed by atoms with Crippen molar-refractivity contribution >= 4 is 5.82 Å². The number of nitrogens with zero attached hydrogens (tertiary/aromatic N) is 2. The van der Waals surface area contributed by atoms with Gasteiger partial charge in [0, 0.05) is 18.5 Å². The van der Waals surface area contributed by atoms with Crippen LogP contribution in [-0.2, 0) is 7.05 Å². The van der Waals surface area contributed by atoms with Crippen LogP contribution in [0.3, 0.4) is 0 Å². The average molecular weight is 257 g/mol. The molecule has 19 heavy (non-hydrogen) atoms. The highest BCUT2D eigenvalue weighted by molar-refractivity contribution is 5.77.